The molecule has 3 atom stereocenters. The molecule has 1 aliphatic heterocycles. The average molecular weight is 306 g/mol. The Morgan fingerprint density at radius 2 is 1.86 bits per heavy atom. The number of carbonyl (C=O) groups excluding carboxylic acids is 1. The van der Waals surface area contributed by atoms with Crippen molar-refractivity contribution in [3.05, 3.63) is 29.8 Å². The molecule has 0 spiro atoms. The number of hydrogen-bond acceptors (Lipinski definition) is 3. The average Bonchev–Trinajstić information content (AvgIpc) is 2.50. The minimum absolute atomic E-state index is 0.172. The first-order valence-electron chi connectivity index (χ1n) is 8.33. The summed E-state index contributed by atoms with van der Waals surface area (Å²) in [5, 5.41) is 0. The summed E-state index contributed by atoms with van der Waals surface area (Å²) >= 11 is 0. The van der Waals surface area contributed by atoms with Gasteiger partial charge in [-0.05, 0) is 38.1 Å². The van der Waals surface area contributed by atoms with Crippen LogP contribution in [0.25, 0.3) is 0 Å². The standard InChI is InChI=1S/C18H27NO3/c1-4-18(20)16-6-8-17(9-7-16)21-11-5-10-19-12-14(2)22-15(3)13-19/h6-9,14-15H,4-5,10-13H2,1-3H3/p+1/t14-,15+. The highest BCUT2D eigenvalue weighted by Gasteiger charge is 2.24. The quantitative estimate of drug-likeness (QED) is 0.616. The van der Waals surface area contributed by atoms with Gasteiger partial charge >= 0.3 is 0 Å². The predicted octanol–water partition coefficient (Wildman–Crippen LogP) is 1.74. The van der Waals surface area contributed by atoms with Crippen LogP contribution in [-0.2, 0) is 4.74 Å². The molecule has 2 rings (SSSR count). The number of ketones is 1. The Hall–Kier alpha value is -1.39. The smallest absolute Gasteiger partial charge is 0.162 e. The van der Waals surface area contributed by atoms with Crippen molar-refractivity contribution in [2.24, 2.45) is 0 Å². The first-order chi connectivity index (χ1) is 10.6. The van der Waals surface area contributed by atoms with Crippen LogP contribution < -0.4 is 9.64 Å². The van der Waals surface area contributed by atoms with Gasteiger partial charge in [0.15, 0.2) is 5.78 Å². The Bertz CT molecular complexity index is 462. The number of rotatable bonds is 7. The third-order valence-electron chi connectivity index (χ3n) is 4.06. The van der Waals surface area contributed by atoms with E-state index in [1.54, 1.807) is 4.90 Å². The number of quaternary nitrogens is 1. The summed E-state index contributed by atoms with van der Waals surface area (Å²) in [5.41, 5.74) is 0.760. The molecule has 0 aliphatic carbocycles. The van der Waals surface area contributed by atoms with E-state index in [2.05, 4.69) is 13.8 Å². The molecule has 0 bridgehead atoms. The van der Waals surface area contributed by atoms with Gasteiger partial charge in [0.1, 0.15) is 31.0 Å². The van der Waals surface area contributed by atoms with Crippen LogP contribution >= 0.6 is 0 Å². The Morgan fingerprint density at radius 3 is 2.45 bits per heavy atom. The fourth-order valence-electron chi connectivity index (χ4n) is 3.05. The molecular weight excluding hydrogens is 278 g/mol. The fourth-order valence-corrected chi connectivity index (χ4v) is 3.05. The van der Waals surface area contributed by atoms with Gasteiger partial charge in [-0.2, -0.15) is 0 Å². The molecule has 4 heteroatoms. The van der Waals surface area contributed by atoms with E-state index in [-0.39, 0.29) is 5.78 Å². The van der Waals surface area contributed by atoms with Gasteiger partial charge in [-0.3, -0.25) is 4.79 Å². The zero-order chi connectivity index (χ0) is 15.9. The molecule has 0 amide bonds. The van der Waals surface area contributed by atoms with Crippen molar-refractivity contribution in [3.63, 3.8) is 0 Å². The summed E-state index contributed by atoms with van der Waals surface area (Å²) < 4.78 is 11.5. The van der Waals surface area contributed by atoms with Gasteiger partial charge in [0.25, 0.3) is 0 Å². The second kappa shape index (κ2) is 8.30. The van der Waals surface area contributed by atoms with Gasteiger partial charge in [0.2, 0.25) is 0 Å². The lowest BCUT2D eigenvalue weighted by Crippen LogP contribution is -3.15. The molecule has 1 aromatic carbocycles. The number of nitrogens with one attached hydrogen (secondary N) is 1. The summed E-state index contributed by atoms with van der Waals surface area (Å²) in [6, 6.07) is 7.46. The number of Topliss-reactive ketones (excluding diaryl/α,β-unsaturated/α-hetero) is 1. The Labute approximate surface area is 133 Å². The van der Waals surface area contributed by atoms with Gasteiger partial charge in [0.05, 0.1) is 13.2 Å². The van der Waals surface area contributed by atoms with Gasteiger partial charge in [0, 0.05) is 18.4 Å². The fraction of sp³-hybridized carbons (Fsp3) is 0.611. The van der Waals surface area contributed by atoms with Crippen LogP contribution in [0.3, 0.4) is 0 Å². The highest BCUT2D eigenvalue weighted by atomic mass is 16.5. The zero-order valence-electron chi connectivity index (χ0n) is 13.9. The van der Waals surface area contributed by atoms with Crippen molar-refractivity contribution in [1.82, 2.24) is 0 Å². The molecule has 0 saturated carbocycles. The SMILES string of the molecule is CCC(=O)c1ccc(OCCC[NH+]2C[C@@H](C)O[C@@H](C)C2)cc1. The zero-order valence-corrected chi connectivity index (χ0v) is 13.9. The Kier molecular flexibility index (Phi) is 6.40. The highest BCUT2D eigenvalue weighted by molar-refractivity contribution is 5.95. The molecule has 1 N–H and O–H groups in total. The lowest BCUT2D eigenvalue weighted by Gasteiger charge is -2.32. The van der Waals surface area contributed by atoms with Crippen LogP contribution in [0, 0.1) is 0 Å². The van der Waals surface area contributed by atoms with Crippen molar-refractivity contribution in [3.8, 4) is 5.75 Å². The van der Waals surface area contributed by atoms with Crippen LogP contribution in [0.2, 0.25) is 0 Å². The normalized spacial score (nSPS) is 25.0. The molecule has 0 radical (unpaired) electrons. The van der Waals surface area contributed by atoms with Crippen LogP contribution in [0.15, 0.2) is 24.3 Å². The summed E-state index contributed by atoms with van der Waals surface area (Å²) in [4.78, 5) is 13.2. The molecule has 1 aliphatic rings. The van der Waals surface area contributed by atoms with E-state index in [0.717, 1.165) is 37.4 Å². The minimum Gasteiger partial charge on any atom is -0.493 e. The van der Waals surface area contributed by atoms with E-state index in [4.69, 9.17) is 9.47 Å². The van der Waals surface area contributed by atoms with E-state index < -0.39 is 0 Å². The maximum Gasteiger partial charge on any atom is 0.162 e. The van der Waals surface area contributed by atoms with E-state index in [1.807, 2.05) is 31.2 Å². The van der Waals surface area contributed by atoms with E-state index in [9.17, 15) is 4.79 Å². The summed E-state index contributed by atoms with van der Waals surface area (Å²) in [5.74, 6) is 1.01. The monoisotopic (exact) mass is 306 g/mol. The second-order valence-electron chi connectivity index (χ2n) is 6.17. The maximum absolute atomic E-state index is 11.6. The molecule has 0 aromatic heterocycles. The molecule has 1 unspecified atom stereocenters. The highest BCUT2D eigenvalue weighted by Crippen LogP contribution is 2.13. The third kappa shape index (κ3) is 5.11. The molecule has 1 saturated heterocycles. The van der Waals surface area contributed by atoms with Crippen LogP contribution in [0.4, 0.5) is 0 Å². The van der Waals surface area contributed by atoms with Crippen molar-refractivity contribution < 1.29 is 19.2 Å². The van der Waals surface area contributed by atoms with Gasteiger partial charge in [-0.25, -0.2) is 0 Å². The van der Waals surface area contributed by atoms with Crippen molar-refractivity contribution >= 4 is 5.78 Å². The Morgan fingerprint density at radius 1 is 1.23 bits per heavy atom. The number of hydrogen-bond donors (Lipinski definition) is 1. The topological polar surface area (TPSA) is 40.0 Å². The van der Waals surface area contributed by atoms with Crippen LogP contribution in [0.1, 0.15) is 44.0 Å². The van der Waals surface area contributed by atoms with E-state index in [0.29, 0.717) is 25.2 Å². The summed E-state index contributed by atoms with van der Waals surface area (Å²) in [7, 11) is 0. The molecule has 1 fully saturated rings. The van der Waals surface area contributed by atoms with Crippen LogP contribution in [-0.4, -0.2) is 44.2 Å². The first-order valence-corrected chi connectivity index (χ1v) is 8.33. The predicted molar refractivity (Wildman–Crippen MR) is 86.7 cm³/mol. The minimum atomic E-state index is 0.172. The largest absolute Gasteiger partial charge is 0.493 e. The van der Waals surface area contributed by atoms with Gasteiger partial charge in [-0.1, -0.05) is 6.92 Å². The molecule has 1 heterocycles. The third-order valence-corrected chi connectivity index (χ3v) is 4.06. The van der Waals surface area contributed by atoms with E-state index >= 15 is 0 Å². The molecule has 1 aromatic rings. The lowest BCUT2D eigenvalue weighted by molar-refractivity contribution is -0.915. The molecule has 122 valence electrons. The Balaban J connectivity index is 1.69. The van der Waals surface area contributed by atoms with Crippen LogP contribution in [0.5, 0.6) is 5.75 Å². The molecule has 22 heavy (non-hydrogen) atoms. The number of morpholine rings is 1. The van der Waals surface area contributed by atoms with Gasteiger partial charge in [-0.15, -0.1) is 0 Å². The number of ether oxygens (including phenoxy) is 2. The lowest BCUT2D eigenvalue weighted by atomic mass is 10.1. The van der Waals surface area contributed by atoms with Crippen molar-refractivity contribution in [2.45, 2.75) is 45.8 Å². The summed E-state index contributed by atoms with van der Waals surface area (Å²) in [6.45, 7) is 10.2. The van der Waals surface area contributed by atoms with Crippen molar-refractivity contribution in [1.29, 1.82) is 0 Å². The molecule has 4 nitrogen and oxygen atoms in total. The second-order valence-corrected chi connectivity index (χ2v) is 6.17. The summed E-state index contributed by atoms with van der Waals surface area (Å²) in [6.07, 6.45) is 2.27. The maximum atomic E-state index is 11.6. The number of benzene rings is 1. The van der Waals surface area contributed by atoms with Crippen molar-refractivity contribution in [2.75, 3.05) is 26.2 Å². The first kappa shape index (κ1) is 17.0. The van der Waals surface area contributed by atoms with E-state index in [1.165, 1.54) is 0 Å². The molecular formula is C18H28NO3+. The number of carbonyl (C=O) groups is 1. The van der Waals surface area contributed by atoms with Gasteiger partial charge < -0.3 is 14.4 Å².